The SMILES string of the molecule is CC(C)(C)CCCCC(C(=O)OO)C(C)(C)C.CCCOC(=O)OOC(=O)OCCC. The first-order valence-electron chi connectivity index (χ1n) is 10.8. The van der Waals surface area contributed by atoms with Crippen molar-refractivity contribution < 1.29 is 43.8 Å². The van der Waals surface area contributed by atoms with Gasteiger partial charge in [-0.1, -0.05) is 68.2 Å². The van der Waals surface area contributed by atoms with Gasteiger partial charge in [0.25, 0.3) is 0 Å². The Morgan fingerprint density at radius 2 is 1.26 bits per heavy atom. The molecule has 0 saturated carbocycles. The summed E-state index contributed by atoms with van der Waals surface area (Å²) >= 11 is 0. The highest BCUT2D eigenvalue weighted by molar-refractivity contribution is 5.72. The highest BCUT2D eigenvalue weighted by Crippen LogP contribution is 2.32. The Labute approximate surface area is 186 Å². The normalized spacial score (nSPS) is 12.0. The van der Waals surface area contributed by atoms with E-state index in [1.54, 1.807) is 0 Å². The van der Waals surface area contributed by atoms with Crippen LogP contribution in [-0.4, -0.2) is 36.8 Å². The van der Waals surface area contributed by atoms with Gasteiger partial charge in [-0.15, -0.1) is 0 Å². The summed E-state index contributed by atoms with van der Waals surface area (Å²) in [5, 5.41) is 8.50. The first kappa shape index (κ1) is 31.2. The topological polar surface area (TPSA) is 118 Å². The third kappa shape index (κ3) is 19.7. The molecule has 1 N–H and O–H groups in total. The van der Waals surface area contributed by atoms with E-state index in [1.165, 1.54) is 0 Å². The summed E-state index contributed by atoms with van der Waals surface area (Å²) < 4.78 is 8.90. The molecule has 0 aromatic rings. The molecule has 31 heavy (non-hydrogen) atoms. The van der Waals surface area contributed by atoms with E-state index in [4.69, 9.17) is 5.26 Å². The molecule has 9 nitrogen and oxygen atoms in total. The summed E-state index contributed by atoms with van der Waals surface area (Å²) in [5.74, 6) is -0.735. The van der Waals surface area contributed by atoms with Gasteiger partial charge in [0.2, 0.25) is 0 Å². The van der Waals surface area contributed by atoms with Crippen LogP contribution >= 0.6 is 0 Å². The zero-order valence-electron chi connectivity index (χ0n) is 20.4. The van der Waals surface area contributed by atoms with Crippen molar-refractivity contribution in [2.45, 2.75) is 93.9 Å². The maximum absolute atomic E-state index is 11.5. The Balaban J connectivity index is 0. The van der Waals surface area contributed by atoms with E-state index >= 15 is 0 Å². The predicted octanol–water partition coefficient (Wildman–Crippen LogP) is 6.30. The molecule has 0 spiro atoms. The second-order valence-corrected chi connectivity index (χ2v) is 9.50. The van der Waals surface area contributed by atoms with Gasteiger partial charge in [0.05, 0.1) is 19.1 Å². The van der Waals surface area contributed by atoms with Crippen LogP contribution < -0.4 is 0 Å². The van der Waals surface area contributed by atoms with Gasteiger partial charge in [-0.25, -0.2) is 4.79 Å². The maximum Gasteiger partial charge on any atom is 0.549 e. The second-order valence-electron chi connectivity index (χ2n) is 9.50. The Morgan fingerprint density at radius 3 is 1.58 bits per heavy atom. The van der Waals surface area contributed by atoms with Gasteiger partial charge in [0, 0.05) is 0 Å². The van der Waals surface area contributed by atoms with Crippen molar-refractivity contribution in [2.24, 2.45) is 16.7 Å². The number of unbranched alkanes of at least 4 members (excludes halogenated alkanes) is 1. The summed E-state index contributed by atoms with van der Waals surface area (Å²) in [6.07, 6.45) is 3.24. The highest BCUT2D eigenvalue weighted by atomic mass is 17.3. The maximum atomic E-state index is 11.5. The minimum atomic E-state index is -1.06. The van der Waals surface area contributed by atoms with Crippen LogP contribution in [0.25, 0.3) is 0 Å². The molecule has 0 saturated heterocycles. The van der Waals surface area contributed by atoms with E-state index in [0.29, 0.717) is 18.3 Å². The highest BCUT2D eigenvalue weighted by Gasteiger charge is 2.32. The number of rotatable bonds is 9. The van der Waals surface area contributed by atoms with E-state index in [1.807, 2.05) is 34.6 Å². The summed E-state index contributed by atoms with van der Waals surface area (Å²) in [7, 11) is 0. The lowest BCUT2D eigenvalue weighted by Gasteiger charge is -2.28. The van der Waals surface area contributed by atoms with Crippen LogP contribution in [0.2, 0.25) is 0 Å². The third-order valence-corrected chi connectivity index (χ3v) is 4.12. The van der Waals surface area contributed by atoms with Crippen LogP contribution in [0.15, 0.2) is 0 Å². The predicted molar refractivity (Wildman–Crippen MR) is 115 cm³/mol. The molecule has 0 heterocycles. The van der Waals surface area contributed by atoms with Gasteiger partial charge in [-0.05, 0) is 36.5 Å². The molecule has 0 radical (unpaired) electrons. The molecule has 0 bridgehead atoms. The van der Waals surface area contributed by atoms with Crippen molar-refractivity contribution in [2.75, 3.05) is 13.2 Å². The Hall–Kier alpha value is -2.03. The Morgan fingerprint density at radius 1 is 0.806 bits per heavy atom. The largest absolute Gasteiger partial charge is 0.549 e. The molecule has 0 aliphatic carbocycles. The molecular weight excluding hydrogens is 408 g/mol. The zero-order chi connectivity index (χ0) is 24.5. The lowest BCUT2D eigenvalue weighted by molar-refractivity contribution is -0.242. The second kappa shape index (κ2) is 16.6. The molecule has 1 atom stereocenters. The summed E-state index contributed by atoms with van der Waals surface area (Å²) in [4.78, 5) is 44.5. The van der Waals surface area contributed by atoms with E-state index in [9.17, 15) is 14.4 Å². The van der Waals surface area contributed by atoms with Crippen LogP contribution in [0.3, 0.4) is 0 Å². The number of hydrogen-bond donors (Lipinski definition) is 1. The Bertz CT molecular complexity index is 484. The molecule has 0 aromatic heterocycles. The summed E-state index contributed by atoms with van der Waals surface area (Å²) in [5.41, 5.74) is 0.177. The zero-order valence-corrected chi connectivity index (χ0v) is 20.4. The summed E-state index contributed by atoms with van der Waals surface area (Å²) in [6.45, 7) is 16.7. The lowest BCUT2D eigenvalue weighted by atomic mass is 9.77. The molecule has 0 fully saturated rings. The standard InChI is InChI=1S/C14H28O3.C8H14O6/c1-13(2,3)10-8-7-9-11(12(15)17-16)14(4,5)6;1-3-5-11-7(9)13-14-8(10)12-6-4-2/h11,16H,7-10H2,1-6H3;3-6H2,1-2H3. The minimum absolute atomic E-state index is 0.165. The third-order valence-electron chi connectivity index (χ3n) is 4.12. The van der Waals surface area contributed by atoms with Crippen LogP contribution in [0, 0.1) is 16.7 Å². The van der Waals surface area contributed by atoms with Crippen LogP contribution in [0.4, 0.5) is 9.59 Å². The molecule has 0 aliphatic heterocycles. The van der Waals surface area contributed by atoms with Crippen molar-refractivity contribution in [3.63, 3.8) is 0 Å². The molecular formula is C22H42O9. The monoisotopic (exact) mass is 450 g/mol. The van der Waals surface area contributed by atoms with E-state index < -0.39 is 18.3 Å². The van der Waals surface area contributed by atoms with Crippen LogP contribution in [0.1, 0.15) is 93.9 Å². The van der Waals surface area contributed by atoms with Gasteiger partial charge >= 0.3 is 18.3 Å². The van der Waals surface area contributed by atoms with Gasteiger partial charge in [0.1, 0.15) is 0 Å². The minimum Gasteiger partial charge on any atom is -0.432 e. The number of ether oxygens (including phenoxy) is 2. The van der Waals surface area contributed by atoms with Crippen molar-refractivity contribution in [1.82, 2.24) is 0 Å². The molecule has 0 rings (SSSR count). The number of carbonyl (C=O) groups excluding carboxylic acids is 3. The van der Waals surface area contributed by atoms with Crippen molar-refractivity contribution >= 4 is 18.3 Å². The van der Waals surface area contributed by atoms with Crippen molar-refractivity contribution in [3.05, 3.63) is 0 Å². The van der Waals surface area contributed by atoms with Gasteiger partial charge in [-0.3, -0.25) is 0 Å². The fourth-order valence-electron chi connectivity index (χ4n) is 2.46. The van der Waals surface area contributed by atoms with Crippen LogP contribution in [0.5, 0.6) is 0 Å². The average Bonchev–Trinajstić information content (AvgIpc) is 2.67. The fraction of sp³-hybridized carbons (Fsp3) is 0.864. The van der Waals surface area contributed by atoms with Gasteiger partial charge in [-0.2, -0.15) is 24.6 Å². The smallest absolute Gasteiger partial charge is 0.432 e. The fourth-order valence-corrected chi connectivity index (χ4v) is 2.46. The molecule has 0 aliphatic rings. The molecule has 9 heteroatoms. The summed E-state index contributed by atoms with van der Waals surface area (Å²) in [6, 6.07) is 0. The molecule has 0 amide bonds. The first-order valence-corrected chi connectivity index (χ1v) is 10.8. The van der Waals surface area contributed by atoms with Gasteiger partial charge < -0.3 is 14.4 Å². The molecule has 0 aromatic carbocycles. The molecule has 1 unspecified atom stereocenters. The number of carbonyl (C=O) groups is 3. The van der Waals surface area contributed by atoms with Crippen LogP contribution in [-0.2, 0) is 28.9 Å². The van der Waals surface area contributed by atoms with Gasteiger partial charge in [0.15, 0.2) is 0 Å². The van der Waals surface area contributed by atoms with Crippen molar-refractivity contribution in [1.29, 1.82) is 0 Å². The van der Waals surface area contributed by atoms with E-state index in [-0.39, 0.29) is 24.5 Å². The average molecular weight is 451 g/mol. The lowest BCUT2D eigenvalue weighted by Crippen LogP contribution is -2.29. The first-order chi connectivity index (χ1) is 14.3. The number of hydrogen-bond acceptors (Lipinski definition) is 9. The van der Waals surface area contributed by atoms with E-state index in [2.05, 4.69) is 44.9 Å². The quantitative estimate of drug-likeness (QED) is 0.142. The Kier molecular flexibility index (Phi) is 16.7. The van der Waals surface area contributed by atoms with Crippen molar-refractivity contribution in [3.8, 4) is 0 Å². The van der Waals surface area contributed by atoms with E-state index in [0.717, 1.165) is 25.7 Å². The molecule has 184 valence electrons.